The van der Waals surface area contributed by atoms with E-state index in [9.17, 15) is 13.2 Å². The first-order valence-electron chi connectivity index (χ1n) is 10.9. The van der Waals surface area contributed by atoms with Gasteiger partial charge in [-0.05, 0) is 63.0 Å². The molecule has 1 heterocycles. The van der Waals surface area contributed by atoms with Crippen LogP contribution >= 0.6 is 0 Å². The van der Waals surface area contributed by atoms with Gasteiger partial charge in [0, 0.05) is 32.1 Å². The summed E-state index contributed by atoms with van der Waals surface area (Å²) < 4.78 is 26.8. The van der Waals surface area contributed by atoms with Crippen molar-refractivity contribution in [1.29, 1.82) is 0 Å². The van der Waals surface area contributed by atoms with Crippen molar-refractivity contribution in [3.05, 3.63) is 65.7 Å². The lowest BCUT2D eigenvalue weighted by Gasteiger charge is -2.24. The zero-order valence-electron chi connectivity index (χ0n) is 18.5. The molecule has 0 spiro atoms. The van der Waals surface area contributed by atoms with Crippen LogP contribution in [0.15, 0.2) is 59.5 Å². The molecule has 1 saturated heterocycles. The third-order valence-corrected chi connectivity index (χ3v) is 7.76. The SMILES string of the molecule is CN(C)C(CNC(=O)CCc1ccc(S(=O)(=O)N2CCCC2)cc1)Cc1ccccc1. The van der Waals surface area contributed by atoms with Gasteiger partial charge in [0.05, 0.1) is 4.90 Å². The number of aryl methyl sites for hydroxylation is 1. The van der Waals surface area contributed by atoms with Crippen LogP contribution in [-0.2, 0) is 27.7 Å². The van der Waals surface area contributed by atoms with Crippen LogP contribution in [0, 0.1) is 0 Å². The van der Waals surface area contributed by atoms with Crippen LogP contribution in [0.4, 0.5) is 0 Å². The van der Waals surface area contributed by atoms with E-state index in [4.69, 9.17) is 0 Å². The lowest BCUT2D eigenvalue weighted by molar-refractivity contribution is -0.121. The molecule has 2 aromatic rings. The second-order valence-electron chi connectivity index (χ2n) is 8.37. The highest BCUT2D eigenvalue weighted by molar-refractivity contribution is 7.89. The predicted molar refractivity (Wildman–Crippen MR) is 123 cm³/mol. The highest BCUT2D eigenvalue weighted by atomic mass is 32.2. The van der Waals surface area contributed by atoms with Gasteiger partial charge in [-0.2, -0.15) is 4.31 Å². The lowest BCUT2D eigenvalue weighted by atomic mass is 10.0. The van der Waals surface area contributed by atoms with Gasteiger partial charge in [0.2, 0.25) is 15.9 Å². The van der Waals surface area contributed by atoms with Gasteiger partial charge in [-0.25, -0.2) is 8.42 Å². The zero-order valence-corrected chi connectivity index (χ0v) is 19.3. The number of carbonyl (C=O) groups excluding carboxylic acids is 1. The summed E-state index contributed by atoms with van der Waals surface area (Å²) in [5.74, 6) is 0.00803. The van der Waals surface area contributed by atoms with Gasteiger partial charge in [-0.1, -0.05) is 42.5 Å². The highest BCUT2D eigenvalue weighted by Gasteiger charge is 2.26. The van der Waals surface area contributed by atoms with Gasteiger partial charge < -0.3 is 10.2 Å². The third-order valence-electron chi connectivity index (χ3n) is 5.85. The van der Waals surface area contributed by atoms with Gasteiger partial charge in [0.1, 0.15) is 0 Å². The second kappa shape index (κ2) is 10.9. The van der Waals surface area contributed by atoms with E-state index < -0.39 is 10.0 Å². The maximum Gasteiger partial charge on any atom is 0.243 e. The molecular formula is C24H33N3O3S. The molecule has 0 bridgehead atoms. The Morgan fingerprint density at radius 3 is 2.26 bits per heavy atom. The number of amides is 1. The van der Waals surface area contributed by atoms with Crippen molar-refractivity contribution < 1.29 is 13.2 Å². The molecule has 1 amide bonds. The molecule has 1 fully saturated rings. The van der Waals surface area contributed by atoms with E-state index >= 15 is 0 Å². The molecule has 0 aliphatic carbocycles. The molecule has 2 aromatic carbocycles. The van der Waals surface area contributed by atoms with Crippen molar-refractivity contribution in [1.82, 2.24) is 14.5 Å². The number of sulfonamides is 1. The normalized spacial score (nSPS) is 15.8. The summed E-state index contributed by atoms with van der Waals surface area (Å²) >= 11 is 0. The van der Waals surface area contributed by atoms with Crippen molar-refractivity contribution in [3.8, 4) is 0 Å². The first-order valence-corrected chi connectivity index (χ1v) is 12.4. The molecule has 168 valence electrons. The van der Waals surface area contributed by atoms with Gasteiger partial charge >= 0.3 is 0 Å². The zero-order chi connectivity index (χ0) is 22.3. The van der Waals surface area contributed by atoms with Gasteiger partial charge in [-0.15, -0.1) is 0 Å². The van der Waals surface area contributed by atoms with Crippen LogP contribution in [-0.4, -0.2) is 63.3 Å². The summed E-state index contributed by atoms with van der Waals surface area (Å²) in [6.07, 6.45) is 3.69. The van der Waals surface area contributed by atoms with Crippen molar-refractivity contribution in [2.75, 3.05) is 33.7 Å². The van der Waals surface area contributed by atoms with E-state index in [1.54, 1.807) is 16.4 Å². The van der Waals surface area contributed by atoms with Crippen LogP contribution < -0.4 is 5.32 Å². The van der Waals surface area contributed by atoms with Crippen molar-refractivity contribution >= 4 is 15.9 Å². The molecule has 1 atom stereocenters. The standard InChI is InChI=1S/C24H33N3O3S/c1-26(2)22(18-21-8-4-3-5-9-21)19-25-24(28)15-12-20-10-13-23(14-11-20)31(29,30)27-16-6-7-17-27/h3-5,8-11,13-14,22H,6-7,12,15-19H2,1-2H3,(H,25,28). The van der Waals surface area contributed by atoms with Crippen molar-refractivity contribution in [2.24, 2.45) is 0 Å². The lowest BCUT2D eigenvalue weighted by Crippen LogP contribution is -2.41. The van der Waals surface area contributed by atoms with Gasteiger partial charge in [-0.3, -0.25) is 4.79 Å². The van der Waals surface area contributed by atoms with E-state index in [0.29, 0.717) is 37.4 Å². The first-order chi connectivity index (χ1) is 14.9. The summed E-state index contributed by atoms with van der Waals surface area (Å²) in [4.78, 5) is 14.8. The molecule has 1 unspecified atom stereocenters. The summed E-state index contributed by atoms with van der Waals surface area (Å²) in [7, 11) is 0.661. The minimum Gasteiger partial charge on any atom is -0.355 e. The molecule has 1 N–H and O–H groups in total. The summed E-state index contributed by atoms with van der Waals surface area (Å²) in [5, 5.41) is 3.04. The number of carbonyl (C=O) groups is 1. The first kappa shape index (κ1) is 23.4. The van der Waals surface area contributed by atoms with Gasteiger partial charge in [0.15, 0.2) is 0 Å². The number of rotatable bonds is 10. The van der Waals surface area contributed by atoms with E-state index in [1.807, 2.05) is 44.4 Å². The average molecular weight is 444 g/mol. The minimum absolute atomic E-state index is 0.00803. The molecule has 1 aliphatic rings. The Hall–Kier alpha value is -2.22. The number of benzene rings is 2. The van der Waals surface area contributed by atoms with Crippen molar-refractivity contribution in [2.45, 2.75) is 43.0 Å². The van der Waals surface area contributed by atoms with E-state index in [1.165, 1.54) is 5.56 Å². The minimum atomic E-state index is -3.39. The molecule has 0 saturated carbocycles. The fourth-order valence-electron chi connectivity index (χ4n) is 3.81. The van der Waals surface area contributed by atoms with E-state index in [-0.39, 0.29) is 11.9 Å². The molecule has 0 aromatic heterocycles. The molecular weight excluding hydrogens is 410 g/mol. The number of nitrogens with zero attached hydrogens (tertiary/aromatic N) is 2. The molecule has 1 aliphatic heterocycles. The Morgan fingerprint density at radius 2 is 1.65 bits per heavy atom. The average Bonchev–Trinajstić information content (AvgIpc) is 3.32. The summed E-state index contributed by atoms with van der Waals surface area (Å²) in [6.45, 7) is 1.79. The Balaban J connectivity index is 1.47. The Bertz CT molecular complexity index is 938. The van der Waals surface area contributed by atoms with Crippen LogP contribution in [0.25, 0.3) is 0 Å². The Kier molecular flexibility index (Phi) is 8.23. The van der Waals surface area contributed by atoms with Crippen molar-refractivity contribution in [3.63, 3.8) is 0 Å². The number of likely N-dealkylation sites (N-methyl/N-ethyl adjacent to an activating group) is 1. The topological polar surface area (TPSA) is 69.7 Å². The van der Waals surface area contributed by atoms with Crippen LogP contribution in [0.3, 0.4) is 0 Å². The molecule has 0 radical (unpaired) electrons. The summed E-state index contributed by atoms with van der Waals surface area (Å²) in [6, 6.07) is 17.4. The number of hydrogen-bond donors (Lipinski definition) is 1. The predicted octanol–water partition coefficient (Wildman–Crippen LogP) is 2.69. The maximum absolute atomic E-state index is 12.6. The van der Waals surface area contributed by atoms with Crippen LogP contribution in [0.2, 0.25) is 0 Å². The summed E-state index contributed by atoms with van der Waals surface area (Å²) in [5.41, 5.74) is 2.21. The molecule has 31 heavy (non-hydrogen) atoms. The Labute approximate surface area is 186 Å². The van der Waals surface area contributed by atoms with Crippen LogP contribution in [0.5, 0.6) is 0 Å². The quantitative estimate of drug-likeness (QED) is 0.613. The number of hydrogen-bond acceptors (Lipinski definition) is 4. The Morgan fingerprint density at radius 1 is 1.00 bits per heavy atom. The van der Waals surface area contributed by atoms with E-state index in [0.717, 1.165) is 24.8 Å². The fourth-order valence-corrected chi connectivity index (χ4v) is 5.32. The fraction of sp³-hybridized carbons (Fsp3) is 0.458. The number of nitrogens with one attached hydrogen (secondary N) is 1. The second-order valence-corrected chi connectivity index (χ2v) is 10.3. The van der Waals surface area contributed by atoms with Crippen LogP contribution in [0.1, 0.15) is 30.4 Å². The molecule has 6 nitrogen and oxygen atoms in total. The third kappa shape index (κ3) is 6.63. The molecule has 7 heteroatoms. The smallest absolute Gasteiger partial charge is 0.243 e. The maximum atomic E-state index is 12.6. The van der Waals surface area contributed by atoms with Gasteiger partial charge in [0.25, 0.3) is 0 Å². The molecule has 3 rings (SSSR count). The monoisotopic (exact) mass is 443 g/mol. The largest absolute Gasteiger partial charge is 0.355 e. The van der Waals surface area contributed by atoms with E-state index in [2.05, 4.69) is 22.3 Å². The highest BCUT2D eigenvalue weighted by Crippen LogP contribution is 2.21.